The Morgan fingerprint density at radius 2 is 1.55 bits per heavy atom. The quantitative estimate of drug-likeness (QED) is 0.222. The highest BCUT2D eigenvalue weighted by atomic mass is 16.6. The van der Waals surface area contributed by atoms with Gasteiger partial charge in [0.15, 0.2) is 0 Å². The van der Waals surface area contributed by atoms with Gasteiger partial charge >= 0.3 is 0 Å². The van der Waals surface area contributed by atoms with E-state index in [-0.39, 0.29) is 0 Å². The zero-order valence-electron chi connectivity index (χ0n) is 13.7. The third kappa shape index (κ3) is 9.36. The molecule has 1 heteroatoms. The van der Waals surface area contributed by atoms with Gasteiger partial charge in [-0.1, -0.05) is 82.6 Å². The first-order valence-corrected chi connectivity index (χ1v) is 8.71. The summed E-state index contributed by atoms with van der Waals surface area (Å²) in [5.74, 6) is 0. The zero-order valence-corrected chi connectivity index (χ0v) is 13.7. The summed E-state index contributed by atoms with van der Waals surface area (Å²) >= 11 is 0. The van der Waals surface area contributed by atoms with E-state index in [0.29, 0.717) is 12.2 Å². The molecule has 1 aliphatic heterocycles. The van der Waals surface area contributed by atoms with Gasteiger partial charge in [-0.05, 0) is 26.2 Å². The number of epoxide rings is 1. The Kier molecular flexibility index (Phi) is 9.74. The summed E-state index contributed by atoms with van der Waals surface area (Å²) in [4.78, 5) is 0. The van der Waals surface area contributed by atoms with E-state index in [4.69, 9.17) is 4.74 Å². The molecule has 0 radical (unpaired) electrons. The van der Waals surface area contributed by atoms with Crippen molar-refractivity contribution in [1.29, 1.82) is 0 Å². The number of hydrogen-bond acceptors (Lipinski definition) is 1. The Balaban J connectivity index is 1.82. The maximum atomic E-state index is 5.73. The van der Waals surface area contributed by atoms with Crippen molar-refractivity contribution in [3.05, 3.63) is 24.3 Å². The molecular weight excluding hydrogens is 244 g/mol. The summed E-state index contributed by atoms with van der Waals surface area (Å²) < 4.78 is 5.73. The maximum Gasteiger partial charge on any atom is 0.0844 e. The lowest BCUT2D eigenvalue weighted by Gasteiger charge is -2.00. The molecule has 1 fully saturated rings. The van der Waals surface area contributed by atoms with Gasteiger partial charge in [-0.3, -0.25) is 0 Å². The van der Waals surface area contributed by atoms with Crippen molar-refractivity contribution < 1.29 is 4.74 Å². The molecule has 1 heterocycles. The van der Waals surface area contributed by atoms with Crippen LogP contribution in [-0.4, -0.2) is 12.2 Å². The fourth-order valence-corrected chi connectivity index (χ4v) is 2.71. The molecule has 0 aromatic carbocycles. The Hall–Kier alpha value is -0.560. The Bertz CT molecular complexity index is 279. The predicted molar refractivity (Wildman–Crippen MR) is 89.1 cm³/mol. The Morgan fingerprint density at radius 1 is 0.950 bits per heavy atom. The molecule has 0 aliphatic carbocycles. The summed E-state index contributed by atoms with van der Waals surface area (Å²) in [5, 5.41) is 0. The monoisotopic (exact) mass is 278 g/mol. The lowest BCUT2D eigenvalue weighted by Crippen LogP contribution is -1.94. The van der Waals surface area contributed by atoms with Gasteiger partial charge in [0.05, 0.1) is 12.2 Å². The van der Waals surface area contributed by atoms with Crippen LogP contribution in [0.25, 0.3) is 0 Å². The standard InChI is InChI=1S/C19H34O/c1-4-5-6-7-8-9-10-11-15-18-19(20-18)16-13-12-14-17(2)3/h12,14,18-19H,2,4-11,13,15-16H2,1,3H3. The van der Waals surface area contributed by atoms with Crippen molar-refractivity contribution in [3.8, 4) is 0 Å². The van der Waals surface area contributed by atoms with Crippen LogP contribution in [0.5, 0.6) is 0 Å². The molecule has 0 saturated carbocycles. The van der Waals surface area contributed by atoms with Gasteiger partial charge in [-0.15, -0.1) is 0 Å². The molecule has 1 nitrogen and oxygen atoms in total. The van der Waals surface area contributed by atoms with Crippen LogP contribution in [0.15, 0.2) is 24.3 Å². The largest absolute Gasteiger partial charge is 0.370 e. The van der Waals surface area contributed by atoms with Crippen LogP contribution in [0.2, 0.25) is 0 Å². The van der Waals surface area contributed by atoms with Crippen LogP contribution in [0, 0.1) is 0 Å². The van der Waals surface area contributed by atoms with Gasteiger partial charge in [0.2, 0.25) is 0 Å². The van der Waals surface area contributed by atoms with Crippen molar-refractivity contribution >= 4 is 0 Å². The average molecular weight is 278 g/mol. The lowest BCUT2D eigenvalue weighted by atomic mass is 10.0. The molecule has 2 unspecified atom stereocenters. The summed E-state index contributed by atoms with van der Waals surface area (Å²) in [6.07, 6.45) is 20.3. The molecule has 0 spiro atoms. The minimum Gasteiger partial charge on any atom is -0.370 e. The molecule has 0 aromatic rings. The summed E-state index contributed by atoms with van der Waals surface area (Å²) in [6, 6.07) is 0. The van der Waals surface area contributed by atoms with Crippen LogP contribution in [0.1, 0.15) is 84.5 Å². The van der Waals surface area contributed by atoms with Gasteiger partial charge in [0.1, 0.15) is 0 Å². The predicted octanol–water partition coefficient (Wildman–Crippen LogP) is 6.20. The van der Waals surface area contributed by atoms with E-state index in [9.17, 15) is 0 Å². The van der Waals surface area contributed by atoms with Crippen LogP contribution in [0.3, 0.4) is 0 Å². The zero-order chi connectivity index (χ0) is 14.6. The number of allylic oxidation sites excluding steroid dienone is 3. The molecule has 2 atom stereocenters. The Morgan fingerprint density at radius 3 is 2.20 bits per heavy atom. The lowest BCUT2D eigenvalue weighted by molar-refractivity contribution is 0.352. The highest BCUT2D eigenvalue weighted by Gasteiger charge is 2.36. The van der Waals surface area contributed by atoms with Crippen LogP contribution in [0.4, 0.5) is 0 Å². The van der Waals surface area contributed by atoms with E-state index in [1.807, 2.05) is 6.92 Å². The van der Waals surface area contributed by atoms with Gasteiger partial charge in [-0.25, -0.2) is 0 Å². The van der Waals surface area contributed by atoms with Crippen molar-refractivity contribution in [3.63, 3.8) is 0 Å². The van der Waals surface area contributed by atoms with Crippen molar-refractivity contribution in [2.75, 3.05) is 0 Å². The summed E-state index contributed by atoms with van der Waals surface area (Å²) in [6.45, 7) is 8.18. The number of hydrogen-bond donors (Lipinski definition) is 0. The second-order valence-electron chi connectivity index (χ2n) is 6.30. The smallest absolute Gasteiger partial charge is 0.0844 e. The molecule has 1 aliphatic rings. The van der Waals surface area contributed by atoms with Gasteiger partial charge in [0.25, 0.3) is 0 Å². The fourth-order valence-electron chi connectivity index (χ4n) is 2.71. The summed E-state index contributed by atoms with van der Waals surface area (Å²) in [7, 11) is 0. The highest BCUT2D eigenvalue weighted by Crippen LogP contribution is 2.31. The maximum absolute atomic E-state index is 5.73. The minimum absolute atomic E-state index is 0.550. The van der Waals surface area contributed by atoms with Gasteiger partial charge in [-0.2, -0.15) is 0 Å². The molecule has 116 valence electrons. The van der Waals surface area contributed by atoms with E-state index in [1.54, 1.807) is 0 Å². The highest BCUT2D eigenvalue weighted by molar-refractivity contribution is 5.10. The van der Waals surface area contributed by atoms with Crippen LogP contribution < -0.4 is 0 Å². The number of ether oxygens (including phenoxy) is 1. The third-order valence-electron chi connectivity index (χ3n) is 4.05. The van der Waals surface area contributed by atoms with Crippen molar-refractivity contribution in [1.82, 2.24) is 0 Å². The first kappa shape index (κ1) is 17.5. The van der Waals surface area contributed by atoms with Crippen molar-refractivity contribution in [2.24, 2.45) is 0 Å². The van der Waals surface area contributed by atoms with Gasteiger partial charge in [0, 0.05) is 0 Å². The van der Waals surface area contributed by atoms with E-state index in [2.05, 4.69) is 25.7 Å². The minimum atomic E-state index is 0.550. The average Bonchev–Trinajstić information content (AvgIpc) is 3.16. The SMILES string of the molecule is C=C(C)C=CCCC1OC1CCCCCCCCCC. The van der Waals surface area contributed by atoms with Crippen molar-refractivity contribution in [2.45, 2.75) is 96.7 Å². The van der Waals surface area contributed by atoms with Gasteiger partial charge < -0.3 is 4.74 Å². The normalized spacial score (nSPS) is 21.5. The first-order valence-electron chi connectivity index (χ1n) is 8.71. The molecule has 1 rings (SSSR count). The van der Waals surface area contributed by atoms with Crippen LogP contribution >= 0.6 is 0 Å². The summed E-state index contributed by atoms with van der Waals surface area (Å²) in [5.41, 5.74) is 1.14. The van der Waals surface area contributed by atoms with Crippen LogP contribution in [-0.2, 0) is 4.74 Å². The molecular formula is C19H34O. The Labute approximate surface area is 126 Å². The van der Waals surface area contributed by atoms with E-state index in [0.717, 1.165) is 12.0 Å². The second-order valence-corrected chi connectivity index (χ2v) is 6.30. The molecule has 0 N–H and O–H groups in total. The molecule has 1 saturated heterocycles. The van der Waals surface area contributed by atoms with E-state index >= 15 is 0 Å². The number of unbranched alkanes of at least 4 members (excludes halogenated alkanes) is 7. The van der Waals surface area contributed by atoms with E-state index < -0.39 is 0 Å². The number of rotatable bonds is 13. The fraction of sp³-hybridized carbons (Fsp3) is 0.789. The molecule has 0 amide bonds. The first-order chi connectivity index (χ1) is 9.74. The molecule has 20 heavy (non-hydrogen) atoms. The molecule has 0 bridgehead atoms. The second kappa shape index (κ2) is 11.1. The molecule has 0 aromatic heterocycles. The van der Waals surface area contributed by atoms with E-state index in [1.165, 1.54) is 64.2 Å². The topological polar surface area (TPSA) is 12.5 Å². The third-order valence-corrected chi connectivity index (χ3v) is 4.05.